The van der Waals surface area contributed by atoms with Crippen LogP contribution in [0.4, 0.5) is 0 Å². The predicted molar refractivity (Wildman–Crippen MR) is 80.6 cm³/mol. The van der Waals surface area contributed by atoms with E-state index in [9.17, 15) is 9.59 Å². The Kier molecular flexibility index (Phi) is 4.47. The largest absolute Gasteiger partial charge is 0.497 e. The van der Waals surface area contributed by atoms with Gasteiger partial charge in [-0.3, -0.25) is 9.59 Å². The summed E-state index contributed by atoms with van der Waals surface area (Å²) in [6, 6.07) is 5.61. The lowest BCUT2D eigenvalue weighted by atomic mass is 10.1. The number of nitrogens with one attached hydrogen (secondary N) is 3. The van der Waals surface area contributed by atoms with Gasteiger partial charge in [0.25, 0.3) is 5.91 Å². The Balaban J connectivity index is 2.44. The molecule has 1 aromatic carbocycles. The van der Waals surface area contributed by atoms with Gasteiger partial charge in [-0.05, 0) is 30.2 Å². The molecule has 0 unspecified atom stereocenters. The molecular weight excluding hydrogens is 270 g/mol. The third-order valence-electron chi connectivity index (χ3n) is 3.32. The van der Waals surface area contributed by atoms with Gasteiger partial charge in [0, 0.05) is 31.4 Å². The fraction of sp³-hybridized carbons (Fsp3) is 0.333. The Morgan fingerprint density at radius 2 is 2.10 bits per heavy atom. The second kappa shape index (κ2) is 6.30. The van der Waals surface area contributed by atoms with E-state index < -0.39 is 0 Å². The van der Waals surface area contributed by atoms with E-state index in [1.807, 2.05) is 18.2 Å². The molecule has 0 spiro atoms. The average Bonchev–Trinajstić information content (AvgIpc) is 2.84. The molecule has 0 aliphatic rings. The minimum absolute atomic E-state index is 0.0890. The minimum atomic E-state index is -0.178. The first-order valence-corrected chi connectivity index (χ1v) is 6.72. The van der Waals surface area contributed by atoms with Crippen molar-refractivity contribution in [3.63, 3.8) is 0 Å². The highest BCUT2D eigenvalue weighted by Gasteiger charge is 2.17. The molecular formula is C15H19N3O3. The van der Waals surface area contributed by atoms with Gasteiger partial charge in [-0.25, -0.2) is 0 Å². The molecule has 6 nitrogen and oxygen atoms in total. The molecule has 0 bridgehead atoms. The summed E-state index contributed by atoms with van der Waals surface area (Å²) in [5, 5.41) is 6.30. The molecule has 3 N–H and O–H groups in total. The van der Waals surface area contributed by atoms with Crippen molar-refractivity contribution in [2.45, 2.75) is 13.3 Å². The van der Waals surface area contributed by atoms with Gasteiger partial charge in [0.05, 0.1) is 7.11 Å². The molecule has 0 aliphatic heterocycles. The lowest BCUT2D eigenvalue weighted by molar-refractivity contribution is -0.118. The van der Waals surface area contributed by atoms with Crippen molar-refractivity contribution in [1.29, 1.82) is 0 Å². The first-order valence-electron chi connectivity index (χ1n) is 6.72. The van der Waals surface area contributed by atoms with Crippen molar-refractivity contribution in [1.82, 2.24) is 15.6 Å². The van der Waals surface area contributed by atoms with Crippen LogP contribution in [0, 0.1) is 0 Å². The van der Waals surface area contributed by atoms with Crippen LogP contribution in [0.1, 0.15) is 23.0 Å². The zero-order chi connectivity index (χ0) is 15.4. The quantitative estimate of drug-likeness (QED) is 0.774. The number of aromatic amines is 1. The number of benzene rings is 1. The van der Waals surface area contributed by atoms with Gasteiger partial charge in [0.1, 0.15) is 11.4 Å². The van der Waals surface area contributed by atoms with E-state index in [1.165, 1.54) is 6.92 Å². The van der Waals surface area contributed by atoms with E-state index in [1.54, 1.807) is 14.2 Å². The molecule has 112 valence electrons. The van der Waals surface area contributed by atoms with E-state index in [0.717, 1.165) is 22.2 Å². The number of ether oxygens (including phenoxy) is 1. The molecule has 0 aliphatic carbocycles. The summed E-state index contributed by atoms with van der Waals surface area (Å²) in [6.07, 6.45) is 0.565. The Morgan fingerprint density at radius 3 is 2.71 bits per heavy atom. The van der Waals surface area contributed by atoms with Crippen LogP contribution in [0.2, 0.25) is 0 Å². The fourth-order valence-corrected chi connectivity index (χ4v) is 2.30. The van der Waals surface area contributed by atoms with Crippen molar-refractivity contribution in [3.8, 4) is 5.75 Å². The Bertz CT molecular complexity index is 676. The standard InChI is InChI=1S/C15H19N3O3/c1-9(19)17-7-6-11-12-8-10(21-3)4-5-13(12)18-14(11)15(20)16-2/h4-5,8,18H,6-7H2,1-3H3,(H,16,20)(H,17,19). The van der Waals surface area contributed by atoms with Crippen LogP contribution in [-0.2, 0) is 11.2 Å². The molecule has 2 aromatic rings. The van der Waals surface area contributed by atoms with E-state index in [0.29, 0.717) is 18.7 Å². The summed E-state index contributed by atoms with van der Waals surface area (Å²) >= 11 is 0. The van der Waals surface area contributed by atoms with Crippen molar-refractivity contribution >= 4 is 22.7 Å². The monoisotopic (exact) mass is 289 g/mol. The molecule has 0 saturated heterocycles. The predicted octanol–water partition coefficient (Wildman–Crippen LogP) is 1.21. The highest BCUT2D eigenvalue weighted by molar-refractivity contribution is 6.01. The topological polar surface area (TPSA) is 83.2 Å². The van der Waals surface area contributed by atoms with Crippen LogP contribution < -0.4 is 15.4 Å². The molecule has 2 rings (SSSR count). The molecule has 0 saturated carbocycles. The van der Waals surface area contributed by atoms with Crippen LogP contribution in [0.25, 0.3) is 10.9 Å². The van der Waals surface area contributed by atoms with Crippen molar-refractivity contribution in [3.05, 3.63) is 29.5 Å². The van der Waals surface area contributed by atoms with Gasteiger partial charge >= 0.3 is 0 Å². The molecule has 1 heterocycles. The van der Waals surface area contributed by atoms with E-state index in [2.05, 4.69) is 15.6 Å². The first kappa shape index (κ1) is 14.9. The van der Waals surface area contributed by atoms with Crippen LogP contribution in [0.3, 0.4) is 0 Å². The van der Waals surface area contributed by atoms with Crippen molar-refractivity contribution in [2.75, 3.05) is 20.7 Å². The van der Waals surface area contributed by atoms with E-state index >= 15 is 0 Å². The molecule has 1 aromatic heterocycles. The van der Waals surface area contributed by atoms with Gasteiger partial charge in [0.2, 0.25) is 5.91 Å². The number of aromatic nitrogens is 1. The Morgan fingerprint density at radius 1 is 1.33 bits per heavy atom. The maximum atomic E-state index is 12.0. The smallest absolute Gasteiger partial charge is 0.267 e. The number of rotatable bonds is 5. The SMILES string of the molecule is CNC(=O)c1[nH]c2ccc(OC)cc2c1CCNC(C)=O. The normalized spacial score (nSPS) is 10.4. The molecule has 0 fully saturated rings. The van der Waals surface area contributed by atoms with E-state index in [-0.39, 0.29) is 11.8 Å². The zero-order valence-corrected chi connectivity index (χ0v) is 12.4. The summed E-state index contributed by atoms with van der Waals surface area (Å²) in [5.74, 6) is 0.461. The summed E-state index contributed by atoms with van der Waals surface area (Å²) in [6.45, 7) is 1.95. The molecule has 0 radical (unpaired) electrons. The number of carbonyl (C=O) groups is 2. The number of fused-ring (bicyclic) bond motifs is 1. The number of hydrogen-bond acceptors (Lipinski definition) is 3. The minimum Gasteiger partial charge on any atom is -0.497 e. The van der Waals surface area contributed by atoms with Crippen LogP contribution >= 0.6 is 0 Å². The third-order valence-corrected chi connectivity index (χ3v) is 3.32. The third kappa shape index (κ3) is 3.16. The average molecular weight is 289 g/mol. The maximum Gasteiger partial charge on any atom is 0.267 e. The van der Waals surface area contributed by atoms with Crippen LogP contribution in [0.5, 0.6) is 5.75 Å². The fourth-order valence-electron chi connectivity index (χ4n) is 2.30. The van der Waals surface area contributed by atoms with Crippen LogP contribution in [0.15, 0.2) is 18.2 Å². The van der Waals surface area contributed by atoms with Gasteiger partial charge < -0.3 is 20.4 Å². The van der Waals surface area contributed by atoms with Crippen molar-refractivity contribution < 1.29 is 14.3 Å². The van der Waals surface area contributed by atoms with Gasteiger partial charge in [-0.2, -0.15) is 0 Å². The number of H-pyrrole nitrogens is 1. The highest BCUT2D eigenvalue weighted by atomic mass is 16.5. The molecule has 0 atom stereocenters. The number of methoxy groups -OCH3 is 1. The molecule has 6 heteroatoms. The Hall–Kier alpha value is -2.50. The highest BCUT2D eigenvalue weighted by Crippen LogP contribution is 2.27. The summed E-state index contributed by atoms with van der Waals surface area (Å²) < 4.78 is 5.23. The molecule has 2 amide bonds. The summed E-state index contributed by atoms with van der Waals surface area (Å²) in [5.41, 5.74) is 2.26. The second-order valence-corrected chi connectivity index (χ2v) is 4.70. The Labute approximate surface area is 122 Å². The van der Waals surface area contributed by atoms with Crippen molar-refractivity contribution in [2.24, 2.45) is 0 Å². The lowest BCUT2D eigenvalue weighted by Gasteiger charge is -2.05. The van der Waals surface area contributed by atoms with Crippen LogP contribution in [-0.4, -0.2) is 37.5 Å². The second-order valence-electron chi connectivity index (χ2n) is 4.70. The number of amides is 2. The first-order chi connectivity index (χ1) is 10.1. The van der Waals surface area contributed by atoms with Gasteiger partial charge in [-0.15, -0.1) is 0 Å². The number of hydrogen-bond donors (Lipinski definition) is 3. The van der Waals surface area contributed by atoms with E-state index in [4.69, 9.17) is 4.74 Å². The number of carbonyl (C=O) groups excluding carboxylic acids is 2. The maximum absolute atomic E-state index is 12.0. The van der Waals surface area contributed by atoms with Gasteiger partial charge in [-0.1, -0.05) is 0 Å². The van der Waals surface area contributed by atoms with Gasteiger partial charge in [0.15, 0.2) is 0 Å². The lowest BCUT2D eigenvalue weighted by Crippen LogP contribution is -2.24. The summed E-state index contributed by atoms with van der Waals surface area (Å²) in [4.78, 5) is 26.1. The zero-order valence-electron chi connectivity index (χ0n) is 12.4. The molecule has 21 heavy (non-hydrogen) atoms. The summed E-state index contributed by atoms with van der Waals surface area (Å²) in [7, 11) is 3.19.